The molecule has 16 heavy (non-hydrogen) atoms. The standard InChI is InChI=1S/C8H8F3N3O2/c9-8(10,11)16-7-5(3-15)6(13)1-4(2-12)14-7/h1,3H,2,12H2,(H2,13,14). The number of nitrogens with zero attached hydrogens (tertiary/aromatic N) is 1. The lowest BCUT2D eigenvalue weighted by Gasteiger charge is -2.12. The van der Waals surface area contributed by atoms with Crippen molar-refractivity contribution in [2.24, 2.45) is 5.73 Å². The summed E-state index contributed by atoms with van der Waals surface area (Å²) in [5, 5.41) is 0. The maximum absolute atomic E-state index is 12.0. The monoisotopic (exact) mass is 235 g/mol. The molecule has 0 aliphatic rings. The van der Waals surface area contributed by atoms with E-state index in [0.29, 0.717) is 0 Å². The zero-order chi connectivity index (χ0) is 12.3. The van der Waals surface area contributed by atoms with Crippen molar-refractivity contribution in [2.75, 3.05) is 5.73 Å². The highest BCUT2D eigenvalue weighted by Crippen LogP contribution is 2.27. The highest BCUT2D eigenvalue weighted by Gasteiger charge is 2.33. The van der Waals surface area contributed by atoms with E-state index >= 15 is 0 Å². The van der Waals surface area contributed by atoms with Gasteiger partial charge in [-0.25, -0.2) is 4.98 Å². The number of hydrogen-bond acceptors (Lipinski definition) is 5. The molecule has 0 aliphatic carbocycles. The molecule has 1 aromatic rings. The average molecular weight is 235 g/mol. The summed E-state index contributed by atoms with van der Waals surface area (Å²) in [7, 11) is 0. The third-order valence-electron chi connectivity index (χ3n) is 1.65. The second-order valence-electron chi connectivity index (χ2n) is 2.79. The molecule has 0 bridgehead atoms. The van der Waals surface area contributed by atoms with Gasteiger partial charge in [-0.1, -0.05) is 0 Å². The molecule has 0 unspecified atom stereocenters. The average Bonchev–Trinajstić information content (AvgIpc) is 2.14. The number of nitrogen functional groups attached to an aromatic ring is 1. The summed E-state index contributed by atoms with van der Waals surface area (Å²) in [5.41, 5.74) is 10.0. The fraction of sp³-hybridized carbons (Fsp3) is 0.250. The minimum Gasteiger partial charge on any atom is -0.398 e. The fourth-order valence-electron chi connectivity index (χ4n) is 1.01. The minimum absolute atomic E-state index is 0.0994. The van der Waals surface area contributed by atoms with Gasteiger partial charge in [0.2, 0.25) is 5.88 Å². The first-order valence-electron chi connectivity index (χ1n) is 4.07. The van der Waals surface area contributed by atoms with Crippen molar-refractivity contribution in [1.82, 2.24) is 4.98 Å². The van der Waals surface area contributed by atoms with Gasteiger partial charge in [0.15, 0.2) is 6.29 Å². The van der Waals surface area contributed by atoms with Gasteiger partial charge in [-0.15, -0.1) is 13.2 Å². The maximum atomic E-state index is 12.0. The van der Waals surface area contributed by atoms with Crippen LogP contribution >= 0.6 is 0 Å². The highest BCUT2D eigenvalue weighted by atomic mass is 19.4. The minimum atomic E-state index is -4.94. The van der Waals surface area contributed by atoms with Gasteiger partial charge >= 0.3 is 6.36 Å². The summed E-state index contributed by atoms with van der Waals surface area (Å²) in [6, 6.07) is 1.22. The van der Waals surface area contributed by atoms with E-state index in [4.69, 9.17) is 11.5 Å². The quantitative estimate of drug-likeness (QED) is 0.757. The lowest BCUT2D eigenvalue weighted by Crippen LogP contribution is -2.20. The number of anilines is 1. The molecule has 1 heterocycles. The number of alkyl halides is 3. The molecule has 0 spiro atoms. The third-order valence-corrected chi connectivity index (χ3v) is 1.65. The van der Waals surface area contributed by atoms with Gasteiger partial charge in [0, 0.05) is 12.2 Å². The van der Waals surface area contributed by atoms with Gasteiger partial charge in [-0.05, 0) is 6.07 Å². The number of pyridine rings is 1. The van der Waals surface area contributed by atoms with E-state index in [9.17, 15) is 18.0 Å². The lowest BCUT2D eigenvalue weighted by atomic mass is 10.2. The van der Waals surface area contributed by atoms with Crippen LogP contribution < -0.4 is 16.2 Å². The number of carbonyl (C=O) groups excluding carboxylic acids is 1. The van der Waals surface area contributed by atoms with Crippen LogP contribution in [0.2, 0.25) is 0 Å². The van der Waals surface area contributed by atoms with Crippen LogP contribution in [0, 0.1) is 0 Å². The number of rotatable bonds is 3. The molecule has 0 amide bonds. The SMILES string of the molecule is NCc1cc(N)c(C=O)c(OC(F)(F)F)n1. The van der Waals surface area contributed by atoms with Crippen molar-refractivity contribution < 1.29 is 22.7 Å². The van der Waals surface area contributed by atoms with Gasteiger partial charge in [0.05, 0.1) is 11.3 Å². The molecular formula is C8H8F3N3O2. The summed E-state index contributed by atoms with van der Waals surface area (Å²) >= 11 is 0. The Bertz CT molecular complexity index is 406. The van der Waals surface area contributed by atoms with E-state index in [1.54, 1.807) is 0 Å². The van der Waals surface area contributed by atoms with E-state index in [1.807, 2.05) is 0 Å². The predicted octanol–water partition coefficient (Wildman–Crippen LogP) is 0.834. The van der Waals surface area contributed by atoms with Crippen LogP contribution in [0.3, 0.4) is 0 Å². The Balaban J connectivity index is 3.23. The van der Waals surface area contributed by atoms with Crippen molar-refractivity contribution in [3.05, 3.63) is 17.3 Å². The molecule has 0 radical (unpaired) electrons. The molecule has 0 aliphatic heterocycles. The largest absolute Gasteiger partial charge is 0.574 e. The van der Waals surface area contributed by atoms with Crippen LogP contribution in [-0.2, 0) is 6.54 Å². The number of hydrogen-bond donors (Lipinski definition) is 2. The molecule has 1 rings (SSSR count). The lowest BCUT2D eigenvalue weighted by molar-refractivity contribution is -0.276. The first-order valence-corrected chi connectivity index (χ1v) is 4.07. The highest BCUT2D eigenvalue weighted by molar-refractivity contribution is 5.86. The van der Waals surface area contributed by atoms with Crippen molar-refractivity contribution in [3.63, 3.8) is 0 Å². The van der Waals surface area contributed by atoms with Crippen LogP contribution in [0.4, 0.5) is 18.9 Å². The molecule has 8 heteroatoms. The molecule has 88 valence electrons. The molecule has 0 fully saturated rings. The zero-order valence-corrected chi connectivity index (χ0v) is 7.91. The van der Waals surface area contributed by atoms with Crippen molar-refractivity contribution in [2.45, 2.75) is 12.9 Å². The summed E-state index contributed by atoms with van der Waals surface area (Å²) in [6.45, 7) is -0.114. The van der Waals surface area contributed by atoms with E-state index in [2.05, 4.69) is 9.72 Å². The normalized spacial score (nSPS) is 11.2. The number of halogens is 3. The molecule has 0 atom stereocenters. The smallest absolute Gasteiger partial charge is 0.398 e. The molecule has 5 nitrogen and oxygen atoms in total. The van der Waals surface area contributed by atoms with Gasteiger partial charge in [0.25, 0.3) is 0 Å². The molecule has 0 saturated heterocycles. The summed E-state index contributed by atoms with van der Waals surface area (Å²) in [4.78, 5) is 14.0. The van der Waals surface area contributed by atoms with Crippen LogP contribution in [0.25, 0.3) is 0 Å². The van der Waals surface area contributed by atoms with Gasteiger partial charge in [-0.2, -0.15) is 0 Å². The molecule has 0 saturated carbocycles. The number of nitrogens with two attached hydrogens (primary N) is 2. The summed E-state index contributed by atoms with van der Waals surface area (Å²) < 4.78 is 39.5. The Kier molecular flexibility index (Phi) is 3.33. The zero-order valence-electron chi connectivity index (χ0n) is 7.91. The predicted molar refractivity (Wildman–Crippen MR) is 48.6 cm³/mol. The van der Waals surface area contributed by atoms with E-state index in [0.717, 1.165) is 0 Å². The van der Waals surface area contributed by atoms with Crippen LogP contribution in [0.1, 0.15) is 16.1 Å². The second-order valence-corrected chi connectivity index (χ2v) is 2.79. The summed E-state index contributed by atoms with van der Waals surface area (Å²) in [5.74, 6) is -0.886. The first-order chi connectivity index (χ1) is 7.37. The van der Waals surface area contributed by atoms with Crippen molar-refractivity contribution in [1.29, 1.82) is 0 Å². The first kappa shape index (κ1) is 12.2. The number of aldehydes is 1. The number of aromatic nitrogens is 1. The number of carbonyl (C=O) groups is 1. The molecular weight excluding hydrogens is 227 g/mol. The van der Waals surface area contributed by atoms with Crippen LogP contribution in [0.5, 0.6) is 5.88 Å². The maximum Gasteiger partial charge on any atom is 0.574 e. The number of ether oxygens (including phenoxy) is 1. The molecule has 0 aromatic carbocycles. The van der Waals surface area contributed by atoms with Crippen molar-refractivity contribution >= 4 is 12.0 Å². The van der Waals surface area contributed by atoms with Crippen LogP contribution in [-0.4, -0.2) is 17.6 Å². The fourth-order valence-corrected chi connectivity index (χ4v) is 1.01. The van der Waals surface area contributed by atoms with Gasteiger partial charge < -0.3 is 16.2 Å². The van der Waals surface area contributed by atoms with Gasteiger partial charge in [-0.3, -0.25) is 4.79 Å². The second kappa shape index (κ2) is 4.35. The Morgan fingerprint density at radius 2 is 2.12 bits per heavy atom. The molecule has 4 N–H and O–H groups in total. The Labute approximate surface area is 88.2 Å². The third kappa shape index (κ3) is 2.83. The Morgan fingerprint density at radius 1 is 1.50 bits per heavy atom. The van der Waals surface area contributed by atoms with Gasteiger partial charge in [0.1, 0.15) is 0 Å². The topological polar surface area (TPSA) is 91.2 Å². The van der Waals surface area contributed by atoms with E-state index in [-0.39, 0.29) is 24.2 Å². The Morgan fingerprint density at radius 3 is 2.56 bits per heavy atom. The van der Waals surface area contributed by atoms with E-state index in [1.165, 1.54) is 6.07 Å². The Hall–Kier alpha value is -1.83. The van der Waals surface area contributed by atoms with E-state index < -0.39 is 17.8 Å². The van der Waals surface area contributed by atoms with Crippen LogP contribution in [0.15, 0.2) is 6.07 Å². The van der Waals surface area contributed by atoms with Crippen molar-refractivity contribution in [3.8, 4) is 5.88 Å². The summed E-state index contributed by atoms with van der Waals surface area (Å²) in [6.07, 6.45) is -4.80. The molecule has 1 aromatic heterocycles.